The molecule has 0 saturated heterocycles. The average molecular weight is 388 g/mol. The summed E-state index contributed by atoms with van der Waals surface area (Å²) in [4.78, 5) is 4.34. The first-order chi connectivity index (χ1) is 12.9. The number of aromatic nitrogens is 1. The molecule has 0 aliphatic heterocycles. The number of β-amino-alcohol motifs (C(OH)–C–C–N with tert-alkyl or cyclic N) is 1. The number of ether oxygens (including phenoxy) is 1. The number of nitriles is 1. The van der Waals surface area contributed by atoms with Crippen molar-refractivity contribution in [3.05, 3.63) is 58.9 Å². The lowest BCUT2D eigenvalue weighted by atomic mass is 9.96. The molecule has 0 amide bonds. The van der Waals surface area contributed by atoms with Gasteiger partial charge in [0.25, 0.3) is 0 Å². The van der Waals surface area contributed by atoms with Gasteiger partial charge in [0.2, 0.25) is 0 Å². The Morgan fingerprint density at radius 2 is 2.11 bits per heavy atom. The van der Waals surface area contributed by atoms with Crippen LogP contribution in [-0.4, -0.2) is 34.9 Å². The summed E-state index contributed by atoms with van der Waals surface area (Å²) in [5.74, 6) is 0.388. The van der Waals surface area contributed by atoms with Gasteiger partial charge < -0.3 is 15.2 Å². The topological polar surface area (TPSA) is 78.2 Å². The maximum atomic E-state index is 10.2. The Labute approximate surface area is 166 Å². The number of benzene rings is 1. The lowest BCUT2D eigenvalue weighted by Crippen LogP contribution is -2.44. The fourth-order valence-corrected chi connectivity index (χ4v) is 2.93. The summed E-state index contributed by atoms with van der Waals surface area (Å²) in [5, 5.41) is 23.1. The predicted molar refractivity (Wildman–Crippen MR) is 107 cm³/mol. The van der Waals surface area contributed by atoms with Crippen LogP contribution in [0.2, 0.25) is 5.02 Å². The minimum absolute atomic E-state index is 0.0893. The third kappa shape index (κ3) is 7.18. The number of rotatable bonds is 10. The number of aryl methyl sites for hydroxylation is 1. The van der Waals surface area contributed by atoms with Crippen LogP contribution in [-0.2, 0) is 6.42 Å². The zero-order valence-electron chi connectivity index (χ0n) is 15.8. The number of aliphatic hydroxyl groups excluding tert-OH is 1. The van der Waals surface area contributed by atoms with E-state index in [0.717, 1.165) is 25.0 Å². The zero-order valence-corrected chi connectivity index (χ0v) is 16.5. The second-order valence-electron chi connectivity index (χ2n) is 7.13. The Hall–Kier alpha value is -2.13. The molecule has 1 atom stereocenters. The first-order valence-corrected chi connectivity index (χ1v) is 9.43. The molecule has 0 saturated carbocycles. The fourth-order valence-electron chi connectivity index (χ4n) is 2.72. The Kier molecular flexibility index (Phi) is 8.05. The molecule has 5 nitrogen and oxygen atoms in total. The van der Waals surface area contributed by atoms with Gasteiger partial charge >= 0.3 is 0 Å². The first-order valence-electron chi connectivity index (χ1n) is 9.06. The molecule has 0 spiro atoms. The summed E-state index contributed by atoms with van der Waals surface area (Å²) in [7, 11) is 0. The van der Waals surface area contributed by atoms with Crippen LogP contribution in [0.1, 0.15) is 37.9 Å². The maximum absolute atomic E-state index is 10.2. The van der Waals surface area contributed by atoms with Gasteiger partial charge in [-0.1, -0.05) is 23.7 Å². The minimum atomic E-state index is -0.689. The largest absolute Gasteiger partial charge is 0.489 e. The van der Waals surface area contributed by atoms with E-state index >= 15 is 0 Å². The van der Waals surface area contributed by atoms with Crippen LogP contribution in [0.5, 0.6) is 5.75 Å². The van der Waals surface area contributed by atoms with Gasteiger partial charge in [0.05, 0.1) is 5.02 Å². The van der Waals surface area contributed by atoms with E-state index in [-0.39, 0.29) is 17.7 Å². The smallest absolute Gasteiger partial charge is 0.138 e. The van der Waals surface area contributed by atoms with Crippen molar-refractivity contribution < 1.29 is 9.84 Å². The molecule has 0 aliphatic rings. The molecule has 0 radical (unpaired) electrons. The number of hydrogen-bond donors (Lipinski definition) is 2. The van der Waals surface area contributed by atoms with E-state index in [2.05, 4.69) is 24.1 Å². The van der Waals surface area contributed by atoms with Crippen LogP contribution in [0.15, 0.2) is 42.6 Å². The Bertz CT molecular complexity index is 760. The molecule has 0 fully saturated rings. The van der Waals surface area contributed by atoms with Gasteiger partial charge in [-0.25, -0.2) is 0 Å². The highest BCUT2D eigenvalue weighted by atomic mass is 35.5. The van der Waals surface area contributed by atoms with Crippen LogP contribution >= 0.6 is 11.6 Å². The summed E-state index contributed by atoms with van der Waals surface area (Å²) >= 11 is 5.98. The van der Waals surface area contributed by atoms with Crippen LogP contribution < -0.4 is 10.1 Å². The number of pyridine rings is 1. The third-order valence-electron chi connectivity index (χ3n) is 4.30. The fraction of sp³-hybridized carbons (Fsp3) is 0.429. The summed E-state index contributed by atoms with van der Waals surface area (Å²) in [6.45, 7) is 4.72. The van der Waals surface area contributed by atoms with E-state index in [1.807, 2.05) is 30.5 Å². The van der Waals surface area contributed by atoms with Crippen LogP contribution in [0.25, 0.3) is 0 Å². The lowest BCUT2D eigenvalue weighted by Gasteiger charge is -2.28. The predicted octanol–water partition coefficient (Wildman–Crippen LogP) is 3.74. The zero-order chi connectivity index (χ0) is 19.7. The maximum Gasteiger partial charge on any atom is 0.138 e. The number of halogens is 1. The molecular weight excluding hydrogens is 362 g/mol. The van der Waals surface area contributed by atoms with Crippen LogP contribution in [0.4, 0.5) is 0 Å². The van der Waals surface area contributed by atoms with Crippen molar-refractivity contribution in [2.24, 2.45) is 0 Å². The van der Waals surface area contributed by atoms with Gasteiger partial charge in [0, 0.05) is 24.0 Å². The van der Waals surface area contributed by atoms with Crippen LogP contribution in [0, 0.1) is 11.3 Å². The quantitative estimate of drug-likeness (QED) is 0.649. The molecule has 1 heterocycles. The lowest BCUT2D eigenvalue weighted by molar-refractivity contribution is 0.0978. The Balaban J connectivity index is 1.73. The highest BCUT2D eigenvalue weighted by molar-refractivity contribution is 6.31. The van der Waals surface area contributed by atoms with E-state index in [4.69, 9.17) is 21.6 Å². The van der Waals surface area contributed by atoms with Gasteiger partial charge in [-0.05, 0) is 57.4 Å². The molecule has 0 bridgehead atoms. The summed E-state index contributed by atoms with van der Waals surface area (Å²) < 4.78 is 5.57. The molecule has 0 aliphatic carbocycles. The molecule has 2 N–H and O–H groups in total. The summed E-state index contributed by atoms with van der Waals surface area (Å²) in [5.41, 5.74) is 1.27. The number of nitrogens with one attached hydrogen (secondary N) is 1. The molecule has 27 heavy (non-hydrogen) atoms. The number of nitrogens with zero attached hydrogens (tertiary/aromatic N) is 2. The van der Waals surface area contributed by atoms with Crippen molar-refractivity contribution in [2.75, 3.05) is 13.2 Å². The van der Waals surface area contributed by atoms with E-state index < -0.39 is 6.10 Å². The van der Waals surface area contributed by atoms with Gasteiger partial charge in [-0.3, -0.25) is 4.98 Å². The normalized spacial score (nSPS) is 12.4. The summed E-state index contributed by atoms with van der Waals surface area (Å²) in [6.07, 6.45) is 4.03. The molecule has 1 aromatic heterocycles. The highest BCUT2D eigenvalue weighted by Crippen LogP contribution is 2.25. The van der Waals surface area contributed by atoms with Crippen molar-refractivity contribution in [1.29, 1.82) is 5.26 Å². The Morgan fingerprint density at radius 1 is 1.30 bits per heavy atom. The highest BCUT2D eigenvalue weighted by Gasteiger charge is 2.19. The molecule has 6 heteroatoms. The second kappa shape index (κ2) is 10.3. The molecule has 1 unspecified atom stereocenters. The van der Waals surface area contributed by atoms with Crippen molar-refractivity contribution >= 4 is 11.6 Å². The number of aliphatic hydroxyl groups is 1. The van der Waals surface area contributed by atoms with Gasteiger partial charge in [-0.2, -0.15) is 5.26 Å². The molecule has 144 valence electrons. The second-order valence-corrected chi connectivity index (χ2v) is 7.54. The molecular formula is C21H26ClN3O2. The van der Waals surface area contributed by atoms with Crippen molar-refractivity contribution in [2.45, 2.75) is 44.8 Å². The standard InChI is InChI=1S/C21H26ClN3O2/c1-21(2,11-6-8-16-7-3-4-12-24-16)25-14-17(26)15-27-20-10-5-9-19(22)18(20)13-23/h3-5,7,9-10,12,17,25-26H,6,8,11,14-15H2,1-2H3. The van der Waals surface area contributed by atoms with Crippen molar-refractivity contribution in [1.82, 2.24) is 10.3 Å². The minimum Gasteiger partial charge on any atom is -0.489 e. The van der Waals surface area contributed by atoms with Crippen LogP contribution in [0.3, 0.4) is 0 Å². The van der Waals surface area contributed by atoms with Gasteiger partial charge in [0.1, 0.15) is 30.1 Å². The van der Waals surface area contributed by atoms with Crippen molar-refractivity contribution in [3.63, 3.8) is 0 Å². The van der Waals surface area contributed by atoms with E-state index in [1.54, 1.807) is 18.2 Å². The Morgan fingerprint density at radius 3 is 2.81 bits per heavy atom. The molecule has 2 rings (SSSR count). The molecule has 2 aromatic rings. The van der Waals surface area contributed by atoms with E-state index in [0.29, 0.717) is 17.3 Å². The monoisotopic (exact) mass is 387 g/mol. The number of hydrogen-bond acceptors (Lipinski definition) is 5. The SMILES string of the molecule is CC(C)(CCCc1ccccn1)NCC(O)COc1cccc(Cl)c1C#N. The third-order valence-corrected chi connectivity index (χ3v) is 4.61. The average Bonchev–Trinajstić information content (AvgIpc) is 2.65. The first kappa shape index (κ1) is 21.2. The van der Waals surface area contributed by atoms with Gasteiger partial charge in [0.15, 0.2) is 0 Å². The van der Waals surface area contributed by atoms with Crippen molar-refractivity contribution in [3.8, 4) is 11.8 Å². The van der Waals surface area contributed by atoms with E-state index in [1.165, 1.54) is 0 Å². The molecule has 1 aromatic carbocycles. The summed E-state index contributed by atoms with van der Waals surface area (Å²) in [6, 6.07) is 13.0. The van der Waals surface area contributed by atoms with E-state index in [9.17, 15) is 5.11 Å². The van der Waals surface area contributed by atoms with Gasteiger partial charge in [-0.15, -0.1) is 0 Å².